The molecule has 0 atom stereocenters. The third kappa shape index (κ3) is 5.30. The molecule has 4 nitrogen and oxygen atoms in total. The number of carbonyl (C=O) groups is 2. The van der Waals surface area contributed by atoms with E-state index < -0.39 is 5.97 Å². The summed E-state index contributed by atoms with van der Waals surface area (Å²) in [5, 5.41) is 10.2. The van der Waals surface area contributed by atoms with Gasteiger partial charge in [0.2, 0.25) is 5.78 Å². The van der Waals surface area contributed by atoms with Gasteiger partial charge in [-0.1, -0.05) is 49.6 Å². The Kier molecular flexibility index (Phi) is 7.37. The van der Waals surface area contributed by atoms with Crippen molar-refractivity contribution in [2.75, 3.05) is 0 Å². The number of hydrogen-bond donors (Lipinski definition) is 1. The van der Waals surface area contributed by atoms with Crippen molar-refractivity contribution in [1.82, 2.24) is 0 Å². The Balaban J connectivity index is 1.77. The van der Waals surface area contributed by atoms with Gasteiger partial charge in [0.1, 0.15) is 10.6 Å². The second kappa shape index (κ2) is 10.4. The minimum Gasteiger partial charge on any atom is -0.478 e. The molecule has 1 heterocycles. The van der Waals surface area contributed by atoms with Gasteiger partial charge in [-0.25, -0.2) is 4.79 Å². The fourth-order valence-electron chi connectivity index (χ4n) is 4.53. The zero-order valence-electron chi connectivity index (χ0n) is 20.6. The number of ketones is 1. The standard InChI is InChI=1S/C30H30O4S/c1-5-6-7-8-21-9-12-23(13-10-21)34-28-24-14-11-22(30(32)33)17-25(24)35-29(28)27(31)26-19(3)15-18(2)16-20(26)4/h9-17H,5-8H2,1-4H3,(H,32,33). The smallest absolute Gasteiger partial charge is 0.335 e. The van der Waals surface area contributed by atoms with Gasteiger partial charge in [0.15, 0.2) is 5.75 Å². The number of rotatable bonds is 9. The van der Waals surface area contributed by atoms with Gasteiger partial charge >= 0.3 is 5.97 Å². The number of thiophene rings is 1. The highest BCUT2D eigenvalue weighted by molar-refractivity contribution is 7.21. The summed E-state index contributed by atoms with van der Waals surface area (Å²) in [6.07, 6.45) is 4.59. The molecular formula is C30H30O4S. The van der Waals surface area contributed by atoms with Gasteiger partial charge in [0.05, 0.1) is 5.56 Å². The summed E-state index contributed by atoms with van der Waals surface area (Å²) in [7, 11) is 0. The maximum absolute atomic E-state index is 13.8. The Morgan fingerprint density at radius 2 is 1.60 bits per heavy atom. The first-order valence-corrected chi connectivity index (χ1v) is 12.8. The number of carboxylic acid groups (broad SMARTS) is 1. The average molecular weight is 487 g/mol. The molecule has 4 rings (SSSR count). The van der Waals surface area contributed by atoms with Crippen LogP contribution in [0.2, 0.25) is 0 Å². The normalized spacial score (nSPS) is 11.1. The molecule has 0 fully saturated rings. The van der Waals surface area contributed by atoms with E-state index in [2.05, 4.69) is 19.1 Å². The monoisotopic (exact) mass is 486 g/mol. The minimum atomic E-state index is -1.00. The molecule has 0 saturated heterocycles. The van der Waals surface area contributed by atoms with Crippen LogP contribution >= 0.6 is 11.3 Å². The number of fused-ring (bicyclic) bond motifs is 1. The molecule has 0 bridgehead atoms. The number of benzene rings is 3. The van der Waals surface area contributed by atoms with E-state index in [-0.39, 0.29) is 11.3 Å². The van der Waals surface area contributed by atoms with Crippen LogP contribution in [0, 0.1) is 20.8 Å². The second-order valence-corrected chi connectivity index (χ2v) is 10.1. The molecule has 35 heavy (non-hydrogen) atoms. The van der Waals surface area contributed by atoms with Gasteiger partial charge in [0, 0.05) is 15.6 Å². The van der Waals surface area contributed by atoms with Crippen LogP contribution in [-0.2, 0) is 6.42 Å². The molecule has 0 aliphatic rings. The number of carboxylic acids is 1. The van der Waals surface area contributed by atoms with E-state index in [1.165, 1.54) is 29.7 Å². The topological polar surface area (TPSA) is 63.6 Å². The summed E-state index contributed by atoms with van der Waals surface area (Å²) in [6, 6.07) is 16.9. The molecule has 0 radical (unpaired) electrons. The number of unbranched alkanes of at least 4 members (excludes halogenated alkanes) is 2. The summed E-state index contributed by atoms with van der Waals surface area (Å²) in [6.45, 7) is 8.10. The number of aryl methyl sites for hydroxylation is 4. The largest absolute Gasteiger partial charge is 0.478 e. The van der Waals surface area contributed by atoms with Crippen LogP contribution in [0.25, 0.3) is 10.1 Å². The van der Waals surface area contributed by atoms with Crippen LogP contribution in [0.15, 0.2) is 54.6 Å². The van der Waals surface area contributed by atoms with E-state index in [4.69, 9.17) is 4.74 Å². The predicted molar refractivity (Wildman–Crippen MR) is 143 cm³/mol. The number of ether oxygens (including phenoxy) is 1. The van der Waals surface area contributed by atoms with Crippen LogP contribution in [0.3, 0.4) is 0 Å². The zero-order chi connectivity index (χ0) is 25.1. The molecule has 4 aromatic rings. The molecule has 180 valence electrons. The van der Waals surface area contributed by atoms with Crippen molar-refractivity contribution < 1.29 is 19.4 Å². The van der Waals surface area contributed by atoms with Crippen molar-refractivity contribution in [3.63, 3.8) is 0 Å². The van der Waals surface area contributed by atoms with Crippen LogP contribution in [0.1, 0.15) is 74.0 Å². The molecule has 3 aromatic carbocycles. The highest BCUT2D eigenvalue weighted by Crippen LogP contribution is 2.42. The molecule has 0 aliphatic carbocycles. The van der Waals surface area contributed by atoms with Crippen molar-refractivity contribution in [2.45, 2.75) is 53.4 Å². The SMILES string of the molecule is CCCCCc1ccc(Oc2c(C(=O)c3c(C)cc(C)cc3C)sc3cc(C(=O)O)ccc23)cc1. The van der Waals surface area contributed by atoms with Gasteiger partial charge in [-0.15, -0.1) is 11.3 Å². The molecule has 0 spiro atoms. The summed E-state index contributed by atoms with van der Waals surface area (Å²) in [4.78, 5) is 25.8. The minimum absolute atomic E-state index is 0.107. The Bertz CT molecular complexity index is 1370. The molecule has 5 heteroatoms. The quantitative estimate of drug-likeness (QED) is 0.191. The van der Waals surface area contributed by atoms with Crippen LogP contribution < -0.4 is 4.74 Å². The summed E-state index contributed by atoms with van der Waals surface area (Å²) < 4.78 is 7.04. The Hall–Kier alpha value is -3.44. The van der Waals surface area contributed by atoms with Crippen molar-refractivity contribution in [3.8, 4) is 11.5 Å². The average Bonchev–Trinajstić information content (AvgIpc) is 3.17. The molecule has 0 amide bonds. The van der Waals surface area contributed by atoms with Crippen molar-refractivity contribution >= 4 is 33.2 Å². The number of hydrogen-bond acceptors (Lipinski definition) is 4. The lowest BCUT2D eigenvalue weighted by molar-refractivity contribution is 0.0697. The van der Waals surface area contributed by atoms with Gasteiger partial charge in [-0.05, 0) is 80.6 Å². The highest BCUT2D eigenvalue weighted by atomic mass is 32.1. The lowest BCUT2D eigenvalue weighted by Crippen LogP contribution is -2.06. The highest BCUT2D eigenvalue weighted by Gasteiger charge is 2.25. The van der Waals surface area contributed by atoms with Crippen LogP contribution in [-0.4, -0.2) is 16.9 Å². The molecule has 1 N–H and O–H groups in total. The lowest BCUT2D eigenvalue weighted by atomic mass is 9.95. The van der Waals surface area contributed by atoms with E-state index in [1.54, 1.807) is 18.2 Å². The maximum Gasteiger partial charge on any atom is 0.335 e. The predicted octanol–water partition coefficient (Wildman–Crippen LogP) is 8.28. The first-order chi connectivity index (χ1) is 16.8. The van der Waals surface area contributed by atoms with Gasteiger partial charge in [-0.3, -0.25) is 4.79 Å². The van der Waals surface area contributed by atoms with Crippen molar-refractivity contribution in [2.24, 2.45) is 0 Å². The van der Waals surface area contributed by atoms with E-state index in [0.717, 1.165) is 34.9 Å². The van der Waals surface area contributed by atoms with Crippen LogP contribution in [0.5, 0.6) is 11.5 Å². The fourth-order valence-corrected chi connectivity index (χ4v) is 5.65. The maximum atomic E-state index is 13.8. The molecule has 0 saturated carbocycles. The van der Waals surface area contributed by atoms with Gasteiger partial charge < -0.3 is 9.84 Å². The van der Waals surface area contributed by atoms with E-state index >= 15 is 0 Å². The molecule has 0 aliphatic heterocycles. The van der Waals surface area contributed by atoms with Crippen molar-refractivity contribution in [3.05, 3.63) is 92.9 Å². The number of carbonyl (C=O) groups excluding carboxylic acids is 1. The van der Waals surface area contributed by atoms with Crippen molar-refractivity contribution in [1.29, 1.82) is 0 Å². The van der Waals surface area contributed by atoms with E-state index in [1.807, 2.05) is 45.0 Å². The third-order valence-corrected chi connectivity index (χ3v) is 7.35. The summed E-state index contributed by atoms with van der Waals surface area (Å²) >= 11 is 1.28. The van der Waals surface area contributed by atoms with E-state index in [9.17, 15) is 14.7 Å². The second-order valence-electron chi connectivity index (χ2n) is 9.08. The first-order valence-electron chi connectivity index (χ1n) is 12.0. The van der Waals surface area contributed by atoms with Crippen LogP contribution in [0.4, 0.5) is 0 Å². The van der Waals surface area contributed by atoms with Gasteiger partial charge in [0.25, 0.3) is 0 Å². The van der Waals surface area contributed by atoms with Gasteiger partial charge in [-0.2, -0.15) is 0 Å². The fraction of sp³-hybridized carbons (Fsp3) is 0.267. The lowest BCUT2D eigenvalue weighted by Gasteiger charge is -2.12. The summed E-state index contributed by atoms with van der Waals surface area (Å²) in [5.41, 5.74) is 5.04. The first kappa shape index (κ1) is 24.7. The molecular weight excluding hydrogens is 456 g/mol. The number of aromatic carboxylic acids is 1. The van der Waals surface area contributed by atoms with E-state index in [0.29, 0.717) is 26.6 Å². The molecule has 0 unspecified atom stereocenters. The zero-order valence-corrected chi connectivity index (χ0v) is 21.4. The Morgan fingerprint density at radius 1 is 0.914 bits per heavy atom. The third-order valence-electron chi connectivity index (χ3n) is 6.21. The Labute approximate surface area is 210 Å². The Morgan fingerprint density at radius 3 is 2.23 bits per heavy atom. The summed E-state index contributed by atoms with van der Waals surface area (Å²) in [5.74, 6) is 0.0199. The molecule has 1 aromatic heterocycles.